The number of nitro groups is 1. The molecule has 1 N–H and O–H groups in total. The van der Waals surface area contributed by atoms with Crippen LogP contribution in [0.1, 0.15) is 5.56 Å². The van der Waals surface area contributed by atoms with Crippen LogP contribution in [0.3, 0.4) is 0 Å². The summed E-state index contributed by atoms with van der Waals surface area (Å²) in [7, 11) is 1.28. The van der Waals surface area contributed by atoms with Crippen molar-refractivity contribution in [1.82, 2.24) is 4.98 Å². The van der Waals surface area contributed by atoms with Gasteiger partial charge < -0.3 is 9.84 Å². The molecule has 0 amide bonds. The van der Waals surface area contributed by atoms with Crippen molar-refractivity contribution >= 4 is 28.6 Å². The van der Waals surface area contributed by atoms with E-state index in [9.17, 15) is 15.2 Å². The number of anilines is 1. The SMILES string of the molecule is COc1cc(/C=N\Nc2ccc3ccccc3n2)cc([N+](=O)[O-])c1[O-]. The number of hydrazone groups is 1. The van der Waals surface area contributed by atoms with Gasteiger partial charge in [0.25, 0.3) is 5.69 Å². The van der Waals surface area contributed by atoms with Crippen LogP contribution in [0, 0.1) is 10.1 Å². The fourth-order valence-electron chi connectivity index (χ4n) is 2.27. The first-order valence-corrected chi connectivity index (χ1v) is 7.27. The van der Waals surface area contributed by atoms with Crippen molar-refractivity contribution in [3.63, 3.8) is 0 Å². The van der Waals surface area contributed by atoms with Crippen LogP contribution < -0.4 is 15.3 Å². The highest BCUT2D eigenvalue weighted by atomic mass is 16.6. The summed E-state index contributed by atoms with van der Waals surface area (Å²) >= 11 is 0. The summed E-state index contributed by atoms with van der Waals surface area (Å²) in [6, 6.07) is 13.8. The van der Waals surface area contributed by atoms with Gasteiger partial charge in [-0.1, -0.05) is 18.2 Å². The Labute approximate surface area is 142 Å². The van der Waals surface area contributed by atoms with Gasteiger partial charge in [0, 0.05) is 22.8 Å². The topological polar surface area (TPSA) is 113 Å². The smallest absolute Gasteiger partial charge is 0.266 e. The van der Waals surface area contributed by atoms with Crippen molar-refractivity contribution in [1.29, 1.82) is 0 Å². The molecule has 0 saturated carbocycles. The Bertz CT molecular complexity index is 972. The minimum atomic E-state index is -0.770. The molecule has 2 aromatic carbocycles. The zero-order valence-electron chi connectivity index (χ0n) is 13.2. The van der Waals surface area contributed by atoms with Gasteiger partial charge in [0.1, 0.15) is 11.6 Å². The summed E-state index contributed by atoms with van der Waals surface area (Å²) in [4.78, 5) is 14.6. The van der Waals surface area contributed by atoms with Gasteiger partial charge in [-0.15, -0.1) is 0 Å². The molecule has 3 rings (SSSR count). The van der Waals surface area contributed by atoms with Gasteiger partial charge in [0.2, 0.25) is 0 Å². The molecule has 1 heterocycles. The molecule has 0 bridgehead atoms. The molecule has 1 aromatic heterocycles. The van der Waals surface area contributed by atoms with Crippen LogP contribution in [0.15, 0.2) is 53.6 Å². The lowest BCUT2D eigenvalue weighted by Crippen LogP contribution is -2.02. The number of hydrogen-bond donors (Lipinski definition) is 1. The number of nitro benzene ring substituents is 1. The van der Waals surface area contributed by atoms with Crippen LogP contribution in [0.4, 0.5) is 11.5 Å². The lowest BCUT2D eigenvalue weighted by molar-refractivity contribution is -0.398. The van der Waals surface area contributed by atoms with Gasteiger partial charge in [-0.25, -0.2) is 4.98 Å². The van der Waals surface area contributed by atoms with Crippen LogP contribution in [0.25, 0.3) is 10.9 Å². The second-order valence-corrected chi connectivity index (χ2v) is 5.09. The van der Waals surface area contributed by atoms with Gasteiger partial charge >= 0.3 is 0 Å². The zero-order chi connectivity index (χ0) is 17.8. The van der Waals surface area contributed by atoms with Crippen molar-refractivity contribution in [3.8, 4) is 11.5 Å². The zero-order valence-corrected chi connectivity index (χ0v) is 13.2. The molecule has 0 spiro atoms. The number of aromatic nitrogens is 1. The van der Waals surface area contributed by atoms with E-state index in [-0.39, 0.29) is 5.75 Å². The van der Waals surface area contributed by atoms with Crippen molar-refractivity contribution in [2.75, 3.05) is 12.5 Å². The number of hydrogen-bond acceptors (Lipinski definition) is 7. The number of para-hydroxylation sites is 1. The monoisotopic (exact) mass is 337 g/mol. The number of fused-ring (bicyclic) bond motifs is 1. The molecule has 8 nitrogen and oxygen atoms in total. The van der Waals surface area contributed by atoms with Gasteiger partial charge in [-0.2, -0.15) is 5.10 Å². The maximum absolute atomic E-state index is 11.8. The van der Waals surface area contributed by atoms with Crippen LogP contribution in [0.2, 0.25) is 0 Å². The predicted octanol–water partition coefficient (Wildman–Crippen LogP) is 2.67. The minimum Gasteiger partial charge on any atom is -0.865 e. The molecule has 0 aliphatic heterocycles. The highest BCUT2D eigenvalue weighted by Gasteiger charge is 2.12. The maximum atomic E-state index is 11.8. The van der Waals surface area contributed by atoms with E-state index >= 15 is 0 Å². The molecular formula is C17H13N4O4-. The lowest BCUT2D eigenvalue weighted by Gasteiger charge is -2.12. The minimum absolute atomic E-state index is 0.112. The molecule has 8 heteroatoms. The van der Waals surface area contributed by atoms with Crippen LogP contribution >= 0.6 is 0 Å². The third-order valence-electron chi connectivity index (χ3n) is 3.47. The van der Waals surface area contributed by atoms with Gasteiger partial charge in [0.15, 0.2) is 0 Å². The Morgan fingerprint density at radius 2 is 2.04 bits per heavy atom. The first-order valence-electron chi connectivity index (χ1n) is 7.27. The van der Waals surface area contributed by atoms with E-state index in [0.717, 1.165) is 17.0 Å². The fourth-order valence-corrected chi connectivity index (χ4v) is 2.27. The third-order valence-corrected chi connectivity index (χ3v) is 3.47. The average Bonchev–Trinajstić information content (AvgIpc) is 2.62. The van der Waals surface area contributed by atoms with E-state index in [1.54, 1.807) is 6.07 Å². The quantitative estimate of drug-likeness (QED) is 0.435. The van der Waals surface area contributed by atoms with Crippen molar-refractivity contribution in [2.45, 2.75) is 0 Å². The lowest BCUT2D eigenvalue weighted by atomic mass is 10.2. The number of benzene rings is 2. The van der Waals surface area contributed by atoms with Crippen LogP contribution in [-0.4, -0.2) is 23.2 Å². The Morgan fingerprint density at radius 3 is 2.80 bits per heavy atom. The normalized spacial score (nSPS) is 10.9. The summed E-state index contributed by atoms with van der Waals surface area (Å²) in [5, 5.41) is 27.7. The number of ether oxygens (including phenoxy) is 1. The Morgan fingerprint density at radius 1 is 1.24 bits per heavy atom. The summed E-state index contributed by atoms with van der Waals surface area (Å²) in [6.45, 7) is 0. The van der Waals surface area contributed by atoms with E-state index in [1.165, 1.54) is 19.4 Å². The van der Waals surface area contributed by atoms with Gasteiger partial charge in [-0.05, 0) is 24.3 Å². The Hall–Kier alpha value is -3.68. The second-order valence-electron chi connectivity index (χ2n) is 5.09. The van der Waals surface area contributed by atoms with Gasteiger partial charge in [0.05, 0.1) is 23.8 Å². The van der Waals surface area contributed by atoms with Crippen molar-refractivity contribution < 1.29 is 14.8 Å². The van der Waals surface area contributed by atoms with E-state index in [1.807, 2.05) is 30.3 Å². The highest BCUT2D eigenvalue weighted by Crippen LogP contribution is 2.33. The van der Waals surface area contributed by atoms with E-state index in [4.69, 9.17) is 4.74 Å². The molecular weight excluding hydrogens is 324 g/mol. The summed E-state index contributed by atoms with van der Waals surface area (Å²) in [6.07, 6.45) is 1.35. The Kier molecular flexibility index (Phi) is 4.42. The average molecular weight is 337 g/mol. The van der Waals surface area contributed by atoms with Gasteiger partial charge in [-0.3, -0.25) is 15.5 Å². The van der Waals surface area contributed by atoms with Crippen LogP contribution in [0.5, 0.6) is 11.5 Å². The molecule has 0 atom stereocenters. The van der Waals surface area contributed by atoms with Crippen molar-refractivity contribution in [3.05, 3.63) is 64.2 Å². The number of pyridine rings is 1. The molecule has 0 fully saturated rings. The summed E-state index contributed by atoms with van der Waals surface area (Å²) in [5.74, 6) is -0.356. The summed E-state index contributed by atoms with van der Waals surface area (Å²) < 4.78 is 4.88. The largest absolute Gasteiger partial charge is 0.865 e. The molecule has 0 aliphatic carbocycles. The number of rotatable bonds is 5. The Balaban J connectivity index is 1.83. The van der Waals surface area contributed by atoms with Crippen molar-refractivity contribution in [2.24, 2.45) is 5.10 Å². The summed E-state index contributed by atoms with van der Waals surface area (Å²) in [5.41, 5.74) is 3.36. The molecule has 0 radical (unpaired) electrons. The molecule has 126 valence electrons. The van der Waals surface area contributed by atoms with Crippen LogP contribution in [-0.2, 0) is 0 Å². The third kappa shape index (κ3) is 3.47. The van der Waals surface area contributed by atoms with E-state index in [2.05, 4.69) is 15.5 Å². The molecule has 0 saturated heterocycles. The maximum Gasteiger partial charge on any atom is 0.266 e. The predicted molar refractivity (Wildman–Crippen MR) is 92.1 cm³/mol. The molecule has 0 aliphatic rings. The fraction of sp³-hybridized carbons (Fsp3) is 0.0588. The first kappa shape index (κ1) is 16.2. The number of nitrogens with one attached hydrogen (secondary N) is 1. The highest BCUT2D eigenvalue weighted by molar-refractivity contribution is 5.84. The standard InChI is InChI=1S/C17H14N4O4/c1-25-15-9-11(8-14(17(15)22)21(23)24)10-18-20-16-7-6-12-4-2-3-5-13(12)19-16/h2-10,22H,1H3,(H,19,20)/p-1/b18-10-. The second kappa shape index (κ2) is 6.83. The van der Waals surface area contributed by atoms with E-state index in [0.29, 0.717) is 11.4 Å². The first-order chi connectivity index (χ1) is 12.1. The molecule has 0 unspecified atom stereocenters. The molecule has 25 heavy (non-hydrogen) atoms. The number of nitrogens with zero attached hydrogens (tertiary/aromatic N) is 3. The number of methoxy groups -OCH3 is 1. The molecule has 3 aromatic rings. The van der Waals surface area contributed by atoms with E-state index < -0.39 is 16.4 Å².